The summed E-state index contributed by atoms with van der Waals surface area (Å²) in [6, 6.07) is 46.1. The van der Waals surface area contributed by atoms with E-state index in [2.05, 4.69) is 94.4 Å². The molecule has 0 aliphatic heterocycles. The highest BCUT2D eigenvalue weighted by Gasteiger charge is 2.20. The number of pyridine rings is 2. The van der Waals surface area contributed by atoms with Crippen molar-refractivity contribution in [3.05, 3.63) is 181 Å². The van der Waals surface area contributed by atoms with E-state index in [1.165, 1.54) is 11.1 Å². The third-order valence-electron chi connectivity index (χ3n) is 11.9. The summed E-state index contributed by atoms with van der Waals surface area (Å²) in [5.74, 6) is 6.31. The van der Waals surface area contributed by atoms with E-state index in [0.29, 0.717) is 62.6 Å². The van der Waals surface area contributed by atoms with Gasteiger partial charge >= 0.3 is 0 Å². The zero-order valence-electron chi connectivity index (χ0n) is 40.1. The number of benzene rings is 6. The van der Waals surface area contributed by atoms with Crippen molar-refractivity contribution in [3.8, 4) is 58.7 Å². The fourth-order valence-electron chi connectivity index (χ4n) is 8.11. The van der Waals surface area contributed by atoms with Crippen LogP contribution in [-0.2, 0) is 0 Å². The molecule has 12 nitrogen and oxygen atoms in total. The van der Waals surface area contributed by atoms with Gasteiger partial charge in [-0.25, -0.2) is 19.9 Å². The molecule has 0 unspecified atom stereocenters. The molecule has 0 spiro atoms. The fraction of sp³-hybridized carbons (Fsp3) is 0.133. The van der Waals surface area contributed by atoms with Gasteiger partial charge in [-0.15, -0.1) is 12.8 Å². The van der Waals surface area contributed by atoms with Gasteiger partial charge in [0, 0.05) is 45.1 Å². The number of carbonyl (C=O) groups excluding carboxylic acids is 2. The van der Waals surface area contributed by atoms with E-state index in [4.69, 9.17) is 32.3 Å². The maximum atomic E-state index is 13.3. The molecule has 10 aromatic rings. The van der Waals surface area contributed by atoms with Gasteiger partial charge in [-0.2, -0.15) is 0 Å². The molecule has 12 heteroatoms. The number of ether oxygens (including phenoxy) is 2. The molecule has 2 N–H and O–H groups in total. The Bertz CT molecular complexity index is 3470. The molecule has 0 aliphatic carbocycles. The highest BCUT2D eigenvalue weighted by molar-refractivity contribution is 6.09. The van der Waals surface area contributed by atoms with Gasteiger partial charge in [-0.05, 0) is 95.8 Å². The third kappa shape index (κ3) is 10.5. The first kappa shape index (κ1) is 47.5. The van der Waals surface area contributed by atoms with Crippen LogP contribution in [0.5, 0.6) is 11.5 Å². The lowest BCUT2D eigenvalue weighted by molar-refractivity contribution is 0.101. The zero-order valence-corrected chi connectivity index (χ0v) is 40.1. The molecule has 10 rings (SSSR count). The van der Waals surface area contributed by atoms with Gasteiger partial charge in [0.15, 0.2) is 0 Å². The summed E-state index contributed by atoms with van der Waals surface area (Å²) in [6.07, 6.45) is 14.1. The molecule has 4 heterocycles. The van der Waals surface area contributed by atoms with Crippen LogP contribution in [0, 0.1) is 24.7 Å². The Hall–Kier alpha value is -9.52. The number of amides is 2. The molecule has 0 radical (unpaired) electrons. The van der Waals surface area contributed by atoms with E-state index in [1.54, 1.807) is 24.5 Å². The minimum atomic E-state index is -0.414. The van der Waals surface area contributed by atoms with Gasteiger partial charge in [0.05, 0.1) is 44.8 Å². The summed E-state index contributed by atoms with van der Waals surface area (Å²) in [6.45, 7) is 8.91. The highest BCUT2D eigenvalue weighted by atomic mass is 16.5. The second kappa shape index (κ2) is 21.4. The van der Waals surface area contributed by atoms with E-state index in [1.807, 2.05) is 109 Å². The fourth-order valence-corrected chi connectivity index (χ4v) is 8.11. The normalized spacial score (nSPS) is 10.9. The van der Waals surface area contributed by atoms with Crippen LogP contribution in [0.1, 0.15) is 71.9 Å². The number of terminal acetylenes is 2. The van der Waals surface area contributed by atoms with Gasteiger partial charge in [0.25, 0.3) is 11.8 Å². The van der Waals surface area contributed by atoms with Crippen molar-refractivity contribution in [1.29, 1.82) is 0 Å². The number of nitrogens with zero attached hydrogens (tertiary/aromatic N) is 6. The molecule has 0 saturated carbocycles. The van der Waals surface area contributed by atoms with E-state index < -0.39 is 11.8 Å². The maximum Gasteiger partial charge on any atom is 0.293 e. The van der Waals surface area contributed by atoms with Crippen molar-refractivity contribution in [2.75, 3.05) is 23.8 Å². The Morgan fingerprint density at radius 2 is 1.00 bits per heavy atom. The second-order valence-electron chi connectivity index (χ2n) is 17.4. The van der Waals surface area contributed by atoms with E-state index in [-0.39, 0.29) is 24.9 Å². The summed E-state index contributed by atoms with van der Waals surface area (Å²) < 4.78 is 11.2. The van der Waals surface area contributed by atoms with Crippen LogP contribution in [0.4, 0.5) is 11.4 Å². The topological polar surface area (TPSA) is 154 Å². The molecule has 4 aromatic heterocycles. The molecule has 0 saturated heterocycles. The molecule has 0 atom stereocenters. The molecule has 0 aliphatic rings. The number of aromatic nitrogens is 6. The monoisotopic (exact) mass is 944 g/mol. The van der Waals surface area contributed by atoms with Gasteiger partial charge in [-0.1, -0.05) is 112 Å². The van der Waals surface area contributed by atoms with E-state index in [9.17, 15) is 9.59 Å². The van der Waals surface area contributed by atoms with Crippen LogP contribution in [0.2, 0.25) is 0 Å². The molecular formula is C60H48N8O4. The molecular weight excluding hydrogens is 897 g/mol. The van der Waals surface area contributed by atoms with Gasteiger partial charge in [0.1, 0.15) is 24.7 Å². The number of rotatable bonds is 12. The van der Waals surface area contributed by atoms with Crippen molar-refractivity contribution in [2.24, 2.45) is 0 Å². The van der Waals surface area contributed by atoms with E-state index in [0.717, 1.165) is 38.2 Å². The predicted molar refractivity (Wildman–Crippen MR) is 286 cm³/mol. The minimum absolute atomic E-state index is 0.0654. The van der Waals surface area contributed by atoms with Crippen LogP contribution >= 0.6 is 0 Å². The van der Waals surface area contributed by atoms with E-state index >= 15 is 0 Å². The van der Waals surface area contributed by atoms with Crippen molar-refractivity contribution in [3.63, 3.8) is 0 Å². The number of nitrogens with one attached hydrogen (secondary N) is 2. The lowest BCUT2D eigenvalue weighted by atomic mass is 9.99. The minimum Gasteiger partial charge on any atom is -0.481 e. The van der Waals surface area contributed by atoms with Crippen molar-refractivity contribution in [2.45, 2.75) is 39.5 Å². The lowest BCUT2D eigenvalue weighted by Gasteiger charge is -2.13. The molecule has 352 valence electrons. The number of carbonyl (C=O) groups is 2. The van der Waals surface area contributed by atoms with Gasteiger partial charge in [-0.3, -0.25) is 19.6 Å². The molecule has 0 bridgehead atoms. The Morgan fingerprint density at radius 1 is 0.514 bits per heavy atom. The molecule has 72 heavy (non-hydrogen) atoms. The first-order chi connectivity index (χ1) is 35.1. The number of anilines is 2. The largest absolute Gasteiger partial charge is 0.481 e. The van der Waals surface area contributed by atoms with Crippen LogP contribution < -0.4 is 20.1 Å². The predicted octanol–water partition coefficient (Wildman–Crippen LogP) is 12.5. The third-order valence-corrected chi connectivity index (χ3v) is 11.9. The molecule has 0 fully saturated rings. The highest BCUT2D eigenvalue weighted by Crippen LogP contribution is 2.33. The van der Waals surface area contributed by atoms with Crippen molar-refractivity contribution >= 4 is 66.8 Å². The molecule has 6 aromatic carbocycles. The standard InChI is InChI=1S/2C30H24N4O2/c1-4-17-36-22-14-15-27-24(18-22)28(21-12-10-20(11-13-21)19(2)3)34-29(32-27)30(35)33-26-9-5-8-25-23(26)7-6-16-31-25;1-4-17-36-23-14-15-25-24(18-23)27(22-12-10-20(11-13-22)19(2)3)34-29(32-25)30(35)33-26-9-5-7-21-8-6-16-31-28(21)26/h2*1,5-16,18-19H,17H2,2-3H3,(H,33,35). The van der Waals surface area contributed by atoms with Crippen LogP contribution in [0.3, 0.4) is 0 Å². The summed E-state index contributed by atoms with van der Waals surface area (Å²) in [5, 5.41) is 9.20. The average Bonchev–Trinajstić information content (AvgIpc) is 3.41. The number of para-hydroxylation sites is 1. The average molecular weight is 945 g/mol. The zero-order chi connectivity index (χ0) is 50.1. The van der Waals surface area contributed by atoms with Crippen LogP contribution in [-0.4, -0.2) is 54.9 Å². The van der Waals surface area contributed by atoms with Gasteiger partial charge < -0.3 is 20.1 Å². The lowest BCUT2D eigenvalue weighted by Crippen LogP contribution is -2.16. The first-order valence-corrected chi connectivity index (χ1v) is 23.3. The van der Waals surface area contributed by atoms with Crippen LogP contribution in [0.15, 0.2) is 158 Å². The Morgan fingerprint density at radius 3 is 1.54 bits per heavy atom. The smallest absolute Gasteiger partial charge is 0.293 e. The second-order valence-corrected chi connectivity index (χ2v) is 17.4. The van der Waals surface area contributed by atoms with Crippen LogP contribution in [0.25, 0.3) is 66.1 Å². The summed E-state index contributed by atoms with van der Waals surface area (Å²) in [4.78, 5) is 54.0. The Labute approximate surface area is 417 Å². The Kier molecular flexibility index (Phi) is 14.1. The van der Waals surface area contributed by atoms with Gasteiger partial charge in [0.2, 0.25) is 11.6 Å². The summed E-state index contributed by atoms with van der Waals surface area (Å²) in [5.41, 5.74) is 9.48. The van der Waals surface area contributed by atoms with Crippen molar-refractivity contribution < 1.29 is 19.1 Å². The first-order valence-electron chi connectivity index (χ1n) is 23.3. The maximum absolute atomic E-state index is 13.3. The number of hydrogen-bond acceptors (Lipinski definition) is 10. The Balaban J connectivity index is 0.000000178. The summed E-state index contributed by atoms with van der Waals surface area (Å²) >= 11 is 0. The summed E-state index contributed by atoms with van der Waals surface area (Å²) in [7, 11) is 0. The molecule has 2 amide bonds. The quantitative estimate of drug-likeness (QED) is 0.113. The number of hydrogen-bond donors (Lipinski definition) is 2. The SMILES string of the molecule is C#CCOc1ccc2nc(C(=O)Nc3cccc4cccnc34)nc(-c3ccc(C(C)C)cc3)c2c1.C#CCOc1ccc2nc(C(=O)Nc3cccc4ncccc34)nc(-c3ccc(C(C)C)cc3)c2c1. The van der Waals surface area contributed by atoms with Crippen molar-refractivity contribution in [1.82, 2.24) is 29.9 Å². The number of fused-ring (bicyclic) bond motifs is 4.